The average molecular weight is 447 g/mol. The highest BCUT2D eigenvalue weighted by atomic mass is 32.2. The Hall–Kier alpha value is -2.37. The lowest BCUT2D eigenvalue weighted by molar-refractivity contribution is -0.124. The lowest BCUT2D eigenvalue weighted by Gasteiger charge is -2.29. The highest BCUT2D eigenvalue weighted by molar-refractivity contribution is 8.26. The molecule has 0 N–H and O–H groups in total. The monoisotopic (exact) mass is 446 g/mol. The lowest BCUT2D eigenvalue weighted by Crippen LogP contribution is -2.39. The van der Waals surface area contributed by atoms with Gasteiger partial charge in [-0.2, -0.15) is 0 Å². The maximum absolute atomic E-state index is 13.2. The summed E-state index contributed by atoms with van der Waals surface area (Å²) in [5.41, 5.74) is 4.78. The highest BCUT2D eigenvalue weighted by Crippen LogP contribution is 2.38. The third-order valence-corrected chi connectivity index (χ3v) is 7.67. The molecule has 1 aliphatic heterocycles. The van der Waals surface area contributed by atoms with E-state index in [-0.39, 0.29) is 11.9 Å². The Labute approximate surface area is 193 Å². The molecule has 31 heavy (non-hydrogen) atoms. The van der Waals surface area contributed by atoms with Gasteiger partial charge in [-0.25, -0.2) is 0 Å². The first-order valence-electron chi connectivity index (χ1n) is 11.0. The first kappa shape index (κ1) is 20.5. The SMILES string of the molecule is Cc1ccc(Cn2cc(/C=C3/SC(=S)N(C4CCCCC4)C3=O)c3ccccc32)cc1. The predicted octanol–water partition coefficient (Wildman–Crippen LogP) is 6.53. The maximum atomic E-state index is 13.2. The van der Waals surface area contributed by atoms with E-state index in [1.165, 1.54) is 47.7 Å². The number of thiocarbonyl (C=S) groups is 1. The minimum Gasteiger partial charge on any atom is -0.342 e. The second kappa shape index (κ2) is 8.64. The summed E-state index contributed by atoms with van der Waals surface area (Å²) >= 11 is 7.07. The van der Waals surface area contributed by atoms with Crippen molar-refractivity contribution in [3.05, 3.63) is 76.3 Å². The van der Waals surface area contributed by atoms with Gasteiger partial charge in [0, 0.05) is 35.2 Å². The van der Waals surface area contributed by atoms with E-state index in [4.69, 9.17) is 12.2 Å². The van der Waals surface area contributed by atoms with E-state index >= 15 is 0 Å². The van der Waals surface area contributed by atoms with E-state index in [0.717, 1.165) is 35.2 Å². The largest absolute Gasteiger partial charge is 0.342 e. The van der Waals surface area contributed by atoms with Crippen LogP contribution in [0.2, 0.25) is 0 Å². The van der Waals surface area contributed by atoms with Gasteiger partial charge in [0.2, 0.25) is 0 Å². The van der Waals surface area contributed by atoms with Crippen molar-refractivity contribution < 1.29 is 4.79 Å². The van der Waals surface area contributed by atoms with Gasteiger partial charge in [0.15, 0.2) is 0 Å². The summed E-state index contributed by atoms with van der Waals surface area (Å²) in [6.45, 7) is 2.91. The summed E-state index contributed by atoms with van der Waals surface area (Å²) < 4.78 is 2.99. The van der Waals surface area contributed by atoms with Crippen LogP contribution in [0.3, 0.4) is 0 Å². The molecule has 0 bridgehead atoms. The Morgan fingerprint density at radius 3 is 2.58 bits per heavy atom. The number of hydrogen-bond acceptors (Lipinski definition) is 3. The number of benzene rings is 2. The van der Waals surface area contributed by atoms with Crippen LogP contribution < -0.4 is 0 Å². The summed E-state index contributed by atoms with van der Waals surface area (Å²) in [4.78, 5) is 15.9. The summed E-state index contributed by atoms with van der Waals surface area (Å²) in [6.07, 6.45) is 9.97. The molecule has 3 aromatic rings. The van der Waals surface area contributed by atoms with E-state index in [2.05, 4.69) is 66.2 Å². The third-order valence-electron chi connectivity index (χ3n) is 6.34. The topological polar surface area (TPSA) is 25.2 Å². The fourth-order valence-corrected chi connectivity index (χ4v) is 6.08. The van der Waals surface area contributed by atoms with Crippen LogP contribution in [0, 0.1) is 6.92 Å². The van der Waals surface area contributed by atoms with Crippen LogP contribution in [-0.2, 0) is 11.3 Å². The van der Waals surface area contributed by atoms with Gasteiger partial charge >= 0.3 is 0 Å². The van der Waals surface area contributed by atoms with Crippen molar-refractivity contribution in [1.82, 2.24) is 9.47 Å². The summed E-state index contributed by atoms with van der Waals surface area (Å²) in [6, 6.07) is 17.3. The number of fused-ring (bicyclic) bond motifs is 1. The Morgan fingerprint density at radius 1 is 1.06 bits per heavy atom. The Bertz CT molecular complexity index is 1170. The molecular formula is C26H26N2OS2. The number of amides is 1. The zero-order valence-corrected chi connectivity index (χ0v) is 19.3. The normalized spacial score (nSPS) is 19.1. The molecule has 0 radical (unpaired) electrons. The summed E-state index contributed by atoms with van der Waals surface area (Å²) in [5, 5.41) is 1.16. The lowest BCUT2D eigenvalue weighted by atomic mass is 9.94. The highest BCUT2D eigenvalue weighted by Gasteiger charge is 2.37. The zero-order chi connectivity index (χ0) is 21.4. The molecule has 1 aromatic heterocycles. The molecule has 158 valence electrons. The molecule has 2 heterocycles. The van der Waals surface area contributed by atoms with Crippen LogP contribution >= 0.6 is 24.0 Å². The molecular weight excluding hydrogens is 420 g/mol. The van der Waals surface area contributed by atoms with E-state index < -0.39 is 0 Å². The minimum absolute atomic E-state index is 0.0808. The van der Waals surface area contributed by atoms with Crippen LogP contribution in [0.25, 0.3) is 17.0 Å². The van der Waals surface area contributed by atoms with Crippen LogP contribution in [0.15, 0.2) is 59.6 Å². The number of rotatable bonds is 4. The van der Waals surface area contributed by atoms with Gasteiger partial charge in [0.25, 0.3) is 5.91 Å². The van der Waals surface area contributed by atoms with Gasteiger partial charge in [-0.3, -0.25) is 9.69 Å². The average Bonchev–Trinajstić information content (AvgIpc) is 3.27. The van der Waals surface area contributed by atoms with Crippen LogP contribution in [-0.4, -0.2) is 25.7 Å². The fraction of sp³-hybridized carbons (Fsp3) is 0.308. The zero-order valence-electron chi connectivity index (χ0n) is 17.7. The molecule has 1 aliphatic carbocycles. The molecule has 1 saturated carbocycles. The van der Waals surface area contributed by atoms with E-state index in [0.29, 0.717) is 4.32 Å². The van der Waals surface area contributed by atoms with Crippen molar-refractivity contribution in [3.63, 3.8) is 0 Å². The van der Waals surface area contributed by atoms with Crippen molar-refractivity contribution in [2.45, 2.75) is 51.6 Å². The van der Waals surface area contributed by atoms with Crippen LogP contribution in [0.5, 0.6) is 0 Å². The number of carbonyl (C=O) groups is 1. The molecule has 0 atom stereocenters. The standard InChI is InChI=1S/C26H26N2OS2/c1-18-11-13-19(14-12-18)16-27-17-20(22-9-5-6-10-23(22)27)15-24-25(29)28(26(30)31-24)21-7-3-2-4-8-21/h5-6,9-15,17,21H,2-4,7-8,16H2,1H3/b24-15+. The number of hydrogen-bond donors (Lipinski definition) is 0. The fourth-order valence-electron chi connectivity index (χ4n) is 4.69. The van der Waals surface area contributed by atoms with E-state index in [9.17, 15) is 4.79 Å². The first-order chi connectivity index (χ1) is 15.1. The number of para-hydroxylation sites is 1. The molecule has 5 rings (SSSR count). The molecule has 1 saturated heterocycles. The predicted molar refractivity (Wildman–Crippen MR) is 134 cm³/mol. The Balaban J connectivity index is 1.47. The van der Waals surface area contributed by atoms with Crippen molar-refractivity contribution in [2.75, 3.05) is 0 Å². The Kier molecular flexibility index (Phi) is 5.72. The quantitative estimate of drug-likeness (QED) is 0.336. The number of nitrogens with zero attached hydrogens (tertiary/aromatic N) is 2. The van der Waals surface area contributed by atoms with E-state index in [1.54, 1.807) is 0 Å². The molecule has 5 heteroatoms. The number of aromatic nitrogens is 1. The minimum atomic E-state index is 0.0808. The molecule has 2 fully saturated rings. The van der Waals surface area contributed by atoms with Crippen molar-refractivity contribution >= 4 is 51.2 Å². The summed E-state index contributed by atoms with van der Waals surface area (Å²) in [7, 11) is 0. The molecule has 3 nitrogen and oxygen atoms in total. The number of thioether (sulfide) groups is 1. The smallest absolute Gasteiger partial charge is 0.266 e. The molecule has 0 spiro atoms. The van der Waals surface area contributed by atoms with Gasteiger partial charge in [-0.15, -0.1) is 0 Å². The second-order valence-electron chi connectivity index (χ2n) is 8.56. The first-order valence-corrected chi connectivity index (χ1v) is 12.2. The van der Waals surface area contributed by atoms with E-state index in [1.807, 2.05) is 11.0 Å². The summed E-state index contributed by atoms with van der Waals surface area (Å²) in [5.74, 6) is 0.0808. The Morgan fingerprint density at radius 2 is 1.81 bits per heavy atom. The van der Waals surface area contributed by atoms with Gasteiger partial charge in [0.1, 0.15) is 4.32 Å². The van der Waals surface area contributed by atoms with Crippen LogP contribution in [0.1, 0.15) is 48.8 Å². The van der Waals surface area contributed by atoms with Gasteiger partial charge in [0.05, 0.1) is 4.91 Å². The van der Waals surface area contributed by atoms with Crippen molar-refractivity contribution in [2.24, 2.45) is 0 Å². The van der Waals surface area contributed by atoms with Crippen molar-refractivity contribution in [1.29, 1.82) is 0 Å². The number of carbonyl (C=O) groups excluding carboxylic acids is 1. The van der Waals surface area contributed by atoms with Gasteiger partial charge in [-0.05, 0) is 37.5 Å². The molecule has 1 amide bonds. The van der Waals surface area contributed by atoms with Gasteiger partial charge < -0.3 is 4.57 Å². The van der Waals surface area contributed by atoms with Crippen LogP contribution in [0.4, 0.5) is 0 Å². The third kappa shape index (κ3) is 4.09. The maximum Gasteiger partial charge on any atom is 0.266 e. The van der Waals surface area contributed by atoms with Crippen molar-refractivity contribution in [3.8, 4) is 0 Å². The van der Waals surface area contributed by atoms with Gasteiger partial charge in [-0.1, -0.05) is 91.3 Å². The molecule has 0 unspecified atom stereocenters. The number of aryl methyl sites for hydroxylation is 1. The molecule has 2 aromatic carbocycles. The second-order valence-corrected chi connectivity index (χ2v) is 10.2. The molecule has 2 aliphatic rings.